The lowest BCUT2D eigenvalue weighted by Crippen LogP contribution is -2.32. The predicted octanol–water partition coefficient (Wildman–Crippen LogP) is 0.427. The van der Waals surface area contributed by atoms with E-state index in [2.05, 4.69) is 4.98 Å². The zero-order valence-corrected chi connectivity index (χ0v) is 12.3. The Balaban J connectivity index is 3.36. The highest BCUT2D eigenvalue weighted by atomic mass is 32.2. The molecule has 1 N–H and O–H groups in total. The van der Waals surface area contributed by atoms with Gasteiger partial charge in [0.15, 0.2) is 0 Å². The van der Waals surface area contributed by atoms with Crippen molar-refractivity contribution in [3.8, 4) is 0 Å². The minimum absolute atomic E-state index is 0.174. The Morgan fingerprint density at radius 1 is 1.47 bits per heavy atom. The molecule has 0 saturated carbocycles. The molecule has 0 aromatic carbocycles. The van der Waals surface area contributed by atoms with E-state index in [1.165, 1.54) is 4.57 Å². The van der Waals surface area contributed by atoms with Gasteiger partial charge in [0, 0.05) is 45.8 Å². The number of hydrogen-bond acceptors (Lipinski definition) is 4. The molecule has 0 saturated heterocycles. The summed E-state index contributed by atoms with van der Waals surface area (Å²) in [6.07, 6.45) is 1.39. The highest BCUT2D eigenvalue weighted by Crippen LogP contribution is 2.15. The number of carboxylic acids is 1. The van der Waals surface area contributed by atoms with Gasteiger partial charge in [-0.2, -0.15) is 4.98 Å². The van der Waals surface area contributed by atoms with Crippen molar-refractivity contribution in [3.63, 3.8) is 0 Å². The van der Waals surface area contributed by atoms with E-state index in [1.807, 2.05) is 0 Å². The van der Waals surface area contributed by atoms with Gasteiger partial charge in [0.2, 0.25) is 0 Å². The minimum Gasteiger partial charge on any atom is -0.481 e. The van der Waals surface area contributed by atoms with Gasteiger partial charge in [-0.05, 0) is 20.8 Å². The first-order chi connectivity index (χ1) is 8.73. The molecule has 2 unspecified atom stereocenters. The monoisotopic (exact) mass is 286 g/mol. The van der Waals surface area contributed by atoms with Gasteiger partial charge in [0.1, 0.15) is 0 Å². The number of carboxylic acid groups (broad SMARTS) is 1. The number of rotatable bonds is 5. The Morgan fingerprint density at radius 3 is 2.53 bits per heavy atom. The molecule has 0 radical (unpaired) electrons. The summed E-state index contributed by atoms with van der Waals surface area (Å²) in [5.74, 6) is -0.636. The van der Waals surface area contributed by atoms with Crippen molar-refractivity contribution < 1.29 is 14.1 Å². The molecule has 6 nitrogen and oxygen atoms in total. The highest BCUT2D eigenvalue weighted by molar-refractivity contribution is 7.84. The van der Waals surface area contributed by atoms with Crippen LogP contribution in [0.3, 0.4) is 0 Å². The van der Waals surface area contributed by atoms with Gasteiger partial charge < -0.3 is 5.11 Å². The molecule has 0 bridgehead atoms. The molecule has 106 valence electrons. The Bertz CT molecular complexity index is 580. The molecule has 1 aromatic heterocycles. The number of aromatic nitrogens is 2. The quantitative estimate of drug-likeness (QED) is 0.847. The van der Waals surface area contributed by atoms with Crippen LogP contribution in [0.2, 0.25) is 0 Å². The number of aryl methyl sites for hydroxylation is 1. The second-order valence-electron chi connectivity index (χ2n) is 4.57. The molecule has 1 heterocycles. The van der Waals surface area contributed by atoms with E-state index in [4.69, 9.17) is 5.11 Å². The normalized spacial score (nSPS) is 14.1. The van der Waals surface area contributed by atoms with Crippen LogP contribution in [-0.4, -0.2) is 36.8 Å². The molecule has 0 aliphatic heterocycles. The summed E-state index contributed by atoms with van der Waals surface area (Å²) in [6, 6.07) is -0.279. The third kappa shape index (κ3) is 3.73. The summed E-state index contributed by atoms with van der Waals surface area (Å²) in [6.45, 7) is 5.10. The van der Waals surface area contributed by atoms with Crippen LogP contribution in [-0.2, 0) is 22.0 Å². The first kappa shape index (κ1) is 15.6. The molecule has 1 aromatic rings. The molecule has 0 aliphatic rings. The first-order valence-electron chi connectivity index (χ1n) is 5.84. The van der Waals surface area contributed by atoms with Crippen LogP contribution in [0, 0.1) is 13.8 Å². The Kier molecular flexibility index (Phi) is 4.99. The van der Waals surface area contributed by atoms with Gasteiger partial charge in [-0.1, -0.05) is 0 Å². The van der Waals surface area contributed by atoms with E-state index in [-0.39, 0.29) is 12.5 Å². The van der Waals surface area contributed by atoms with Crippen LogP contribution >= 0.6 is 0 Å². The van der Waals surface area contributed by atoms with Gasteiger partial charge in [0.25, 0.3) is 0 Å². The van der Waals surface area contributed by atoms with Crippen molar-refractivity contribution in [1.29, 1.82) is 0 Å². The highest BCUT2D eigenvalue weighted by Gasteiger charge is 2.18. The van der Waals surface area contributed by atoms with E-state index in [0.717, 1.165) is 0 Å². The summed E-state index contributed by atoms with van der Waals surface area (Å²) < 4.78 is 12.7. The summed E-state index contributed by atoms with van der Waals surface area (Å²) in [4.78, 5) is 26.6. The molecule has 19 heavy (non-hydrogen) atoms. The third-order valence-electron chi connectivity index (χ3n) is 2.95. The lowest BCUT2D eigenvalue weighted by Gasteiger charge is -2.19. The van der Waals surface area contributed by atoms with Crippen molar-refractivity contribution in [3.05, 3.63) is 27.4 Å². The van der Waals surface area contributed by atoms with E-state index in [9.17, 15) is 13.8 Å². The largest absolute Gasteiger partial charge is 0.481 e. The van der Waals surface area contributed by atoms with Crippen LogP contribution in [0.25, 0.3) is 0 Å². The number of carbonyl (C=O) groups is 1. The fourth-order valence-corrected chi connectivity index (χ4v) is 2.98. The van der Waals surface area contributed by atoms with Crippen molar-refractivity contribution in [2.75, 3.05) is 12.0 Å². The molecule has 0 spiro atoms. The summed E-state index contributed by atoms with van der Waals surface area (Å²) in [7, 11) is -1.04. The van der Waals surface area contributed by atoms with Crippen molar-refractivity contribution >= 4 is 16.8 Å². The van der Waals surface area contributed by atoms with Gasteiger partial charge in [-0.25, -0.2) is 4.79 Å². The molecular weight excluding hydrogens is 268 g/mol. The van der Waals surface area contributed by atoms with Gasteiger partial charge in [-0.3, -0.25) is 13.6 Å². The Morgan fingerprint density at radius 2 is 2.05 bits per heavy atom. The molecule has 7 heteroatoms. The van der Waals surface area contributed by atoms with Crippen molar-refractivity contribution in [2.24, 2.45) is 0 Å². The second-order valence-corrected chi connectivity index (χ2v) is 6.05. The Labute approximate surface area is 113 Å². The molecule has 1 rings (SSSR count). The van der Waals surface area contributed by atoms with Gasteiger partial charge in [-0.15, -0.1) is 0 Å². The van der Waals surface area contributed by atoms with Crippen LogP contribution in [0.15, 0.2) is 4.79 Å². The molecule has 0 aliphatic carbocycles. The lowest BCUT2D eigenvalue weighted by molar-refractivity contribution is -0.136. The summed E-state index contributed by atoms with van der Waals surface area (Å²) >= 11 is 0. The smallest absolute Gasteiger partial charge is 0.348 e. The van der Waals surface area contributed by atoms with Gasteiger partial charge >= 0.3 is 11.7 Å². The van der Waals surface area contributed by atoms with E-state index >= 15 is 0 Å². The number of hydrogen-bond donors (Lipinski definition) is 1. The molecule has 2 atom stereocenters. The van der Waals surface area contributed by atoms with E-state index in [1.54, 1.807) is 27.0 Å². The maximum absolute atomic E-state index is 11.9. The standard InChI is InChI=1S/C12H18N2O4S/c1-7(6-19(4)18)14-9(3)10(5-11(15)16)8(2)13-12(14)17/h7H,5-6H2,1-4H3,(H,15,16). The molecular formula is C12H18N2O4S. The van der Waals surface area contributed by atoms with Crippen molar-refractivity contribution in [1.82, 2.24) is 9.55 Å². The SMILES string of the molecule is Cc1nc(=O)n(C(C)CS(C)=O)c(C)c1CC(=O)O. The lowest BCUT2D eigenvalue weighted by atomic mass is 10.1. The fourth-order valence-electron chi connectivity index (χ4n) is 2.16. The molecule has 0 fully saturated rings. The van der Waals surface area contributed by atoms with Crippen LogP contribution in [0.4, 0.5) is 0 Å². The second kappa shape index (κ2) is 6.10. The zero-order chi connectivity index (χ0) is 14.7. The average Bonchev–Trinajstić information content (AvgIpc) is 2.22. The summed E-state index contributed by atoms with van der Waals surface area (Å²) in [5, 5.41) is 8.90. The van der Waals surface area contributed by atoms with Crippen LogP contribution in [0.5, 0.6) is 0 Å². The topological polar surface area (TPSA) is 89.3 Å². The minimum atomic E-state index is -1.04. The zero-order valence-electron chi connectivity index (χ0n) is 11.5. The van der Waals surface area contributed by atoms with Crippen LogP contribution in [0.1, 0.15) is 29.9 Å². The molecule has 0 amide bonds. The maximum atomic E-state index is 11.9. The van der Waals surface area contributed by atoms with E-state index < -0.39 is 22.5 Å². The van der Waals surface area contributed by atoms with Crippen molar-refractivity contribution in [2.45, 2.75) is 33.2 Å². The predicted molar refractivity (Wildman–Crippen MR) is 73.0 cm³/mol. The number of nitrogens with zero attached hydrogens (tertiary/aromatic N) is 2. The van der Waals surface area contributed by atoms with Crippen LogP contribution < -0.4 is 5.69 Å². The average molecular weight is 286 g/mol. The first-order valence-corrected chi connectivity index (χ1v) is 7.57. The van der Waals surface area contributed by atoms with Gasteiger partial charge in [0.05, 0.1) is 6.42 Å². The number of aliphatic carboxylic acids is 1. The van der Waals surface area contributed by atoms with E-state index in [0.29, 0.717) is 22.7 Å². The fraction of sp³-hybridized carbons (Fsp3) is 0.583. The Hall–Kier alpha value is -1.50. The third-order valence-corrected chi connectivity index (χ3v) is 3.90. The maximum Gasteiger partial charge on any atom is 0.348 e. The summed E-state index contributed by atoms with van der Waals surface area (Å²) in [5.41, 5.74) is 1.13.